The van der Waals surface area contributed by atoms with Crippen LogP contribution in [0, 0.1) is 0 Å². The van der Waals surface area contributed by atoms with E-state index in [4.69, 9.17) is 13.9 Å². The number of carbonyl (C=O) groups excluding carboxylic acids is 1. The first-order chi connectivity index (χ1) is 11.9. The number of cyclic esters (lactones) is 1. The van der Waals surface area contributed by atoms with Gasteiger partial charge < -0.3 is 19.0 Å². The highest BCUT2D eigenvalue weighted by Gasteiger charge is 2.35. The fourth-order valence-electron chi connectivity index (χ4n) is 2.62. The lowest BCUT2D eigenvalue weighted by Gasteiger charge is -2.17. The lowest BCUT2D eigenvalue weighted by molar-refractivity contribution is -0.136. The van der Waals surface area contributed by atoms with Crippen LogP contribution in [0.2, 0.25) is 0 Å². The minimum Gasteiger partial charge on any atom is -0.493 e. The number of rotatable bonds is 6. The number of nitrogens with zero attached hydrogens (tertiary/aromatic N) is 1. The number of halogens is 3. The Hall–Kier alpha value is -2.42. The second-order valence-electron chi connectivity index (χ2n) is 5.63. The molecule has 2 aromatic rings. The molecule has 0 bridgehead atoms. The van der Waals surface area contributed by atoms with Crippen molar-refractivity contribution in [3.05, 3.63) is 24.5 Å². The van der Waals surface area contributed by atoms with Gasteiger partial charge in [0.1, 0.15) is 24.2 Å². The molecule has 0 unspecified atom stereocenters. The highest BCUT2D eigenvalue weighted by Crippen LogP contribution is 2.34. The van der Waals surface area contributed by atoms with E-state index in [1.54, 1.807) is 18.2 Å². The fraction of sp³-hybridized carbons (Fsp3) is 0.438. The number of amides is 1. The Morgan fingerprint density at radius 1 is 1.36 bits per heavy atom. The predicted octanol–water partition coefficient (Wildman–Crippen LogP) is 3.47. The summed E-state index contributed by atoms with van der Waals surface area (Å²) in [6.45, 7) is -0.231. The summed E-state index contributed by atoms with van der Waals surface area (Å²) in [6, 6.07) is 4.28. The first kappa shape index (κ1) is 17.4. The van der Waals surface area contributed by atoms with Crippen LogP contribution in [0.1, 0.15) is 12.8 Å². The molecular formula is C16H16F3NO5. The van der Waals surface area contributed by atoms with Crippen LogP contribution in [-0.2, 0) is 4.74 Å². The Bertz CT molecular complexity index is 758. The van der Waals surface area contributed by atoms with Gasteiger partial charge in [-0.15, -0.1) is 0 Å². The van der Waals surface area contributed by atoms with E-state index in [0.717, 1.165) is 0 Å². The van der Waals surface area contributed by atoms with Gasteiger partial charge in [0.15, 0.2) is 0 Å². The molecule has 1 aliphatic heterocycles. The highest BCUT2D eigenvalue weighted by molar-refractivity contribution is 6.01. The zero-order valence-corrected chi connectivity index (χ0v) is 13.1. The van der Waals surface area contributed by atoms with Crippen molar-refractivity contribution in [3.63, 3.8) is 0 Å². The van der Waals surface area contributed by atoms with Gasteiger partial charge in [0.25, 0.3) is 0 Å². The van der Waals surface area contributed by atoms with Crippen molar-refractivity contribution in [3.8, 4) is 5.75 Å². The number of ether oxygens (including phenoxy) is 2. The third kappa shape index (κ3) is 3.81. The molecule has 1 aromatic carbocycles. The number of anilines is 1. The van der Waals surface area contributed by atoms with E-state index < -0.39 is 24.7 Å². The smallest absolute Gasteiger partial charge is 0.414 e. The maximum Gasteiger partial charge on any atom is 0.414 e. The summed E-state index contributed by atoms with van der Waals surface area (Å²) in [5, 5.41) is 9.95. The second kappa shape index (κ2) is 6.83. The molecule has 1 amide bonds. The summed E-state index contributed by atoms with van der Waals surface area (Å²) in [7, 11) is 0. The van der Waals surface area contributed by atoms with E-state index >= 15 is 0 Å². The molecule has 1 atom stereocenters. The third-order valence-electron chi connectivity index (χ3n) is 3.83. The van der Waals surface area contributed by atoms with Gasteiger partial charge in [-0.1, -0.05) is 0 Å². The molecular weight excluding hydrogens is 343 g/mol. The molecule has 1 N–H and O–H groups in total. The molecule has 2 heterocycles. The number of furan rings is 1. The highest BCUT2D eigenvalue weighted by atomic mass is 19.4. The molecule has 1 aliphatic rings. The Morgan fingerprint density at radius 3 is 2.88 bits per heavy atom. The van der Waals surface area contributed by atoms with Gasteiger partial charge in [0, 0.05) is 17.9 Å². The summed E-state index contributed by atoms with van der Waals surface area (Å²) in [4.78, 5) is 13.2. The second-order valence-corrected chi connectivity index (χ2v) is 5.63. The molecule has 9 heteroatoms. The van der Waals surface area contributed by atoms with Gasteiger partial charge in [0.05, 0.1) is 24.9 Å². The maximum absolute atomic E-state index is 12.1. The SMILES string of the molecule is O=C1OC[C@@H](CO)N1c1coc2cc(OCCCC(F)(F)F)ccc12. The lowest BCUT2D eigenvalue weighted by Crippen LogP contribution is -2.35. The van der Waals surface area contributed by atoms with E-state index in [9.17, 15) is 23.1 Å². The molecule has 0 aliphatic carbocycles. The molecule has 25 heavy (non-hydrogen) atoms. The van der Waals surface area contributed by atoms with E-state index in [2.05, 4.69) is 0 Å². The Kier molecular flexibility index (Phi) is 4.76. The van der Waals surface area contributed by atoms with Crippen molar-refractivity contribution in [1.29, 1.82) is 0 Å². The first-order valence-electron chi connectivity index (χ1n) is 7.66. The fourth-order valence-corrected chi connectivity index (χ4v) is 2.62. The topological polar surface area (TPSA) is 72.1 Å². The quantitative estimate of drug-likeness (QED) is 0.800. The van der Waals surface area contributed by atoms with Crippen LogP contribution in [0.3, 0.4) is 0 Å². The molecule has 0 radical (unpaired) electrons. The summed E-state index contributed by atoms with van der Waals surface area (Å²) in [5.41, 5.74) is 0.875. The van der Waals surface area contributed by atoms with Gasteiger partial charge in [-0.2, -0.15) is 13.2 Å². The maximum atomic E-state index is 12.1. The standard InChI is InChI=1S/C16H16F3NO5/c17-16(18,19)4-1-5-23-11-2-3-12-13(9-24-14(12)6-11)20-10(7-21)8-25-15(20)22/h2-3,6,9-10,21H,1,4-5,7-8H2/t10-/m1/s1. The van der Waals surface area contributed by atoms with E-state index in [0.29, 0.717) is 22.4 Å². The minimum atomic E-state index is -4.20. The number of hydrogen-bond acceptors (Lipinski definition) is 5. The van der Waals surface area contributed by atoms with Gasteiger partial charge in [-0.25, -0.2) is 4.79 Å². The van der Waals surface area contributed by atoms with E-state index in [-0.39, 0.29) is 26.2 Å². The summed E-state index contributed by atoms with van der Waals surface area (Å²) in [5.74, 6) is 0.373. The van der Waals surface area contributed by atoms with Crippen molar-refractivity contribution in [2.45, 2.75) is 25.1 Å². The summed E-state index contributed by atoms with van der Waals surface area (Å²) in [6.07, 6.45) is -4.44. The van der Waals surface area contributed by atoms with Crippen LogP contribution in [0.4, 0.5) is 23.7 Å². The molecule has 3 rings (SSSR count). The summed E-state index contributed by atoms with van der Waals surface area (Å²) >= 11 is 0. The summed E-state index contributed by atoms with van der Waals surface area (Å²) < 4.78 is 51.9. The molecule has 136 valence electrons. The van der Waals surface area contributed by atoms with Crippen molar-refractivity contribution in [1.82, 2.24) is 0 Å². The van der Waals surface area contributed by atoms with Gasteiger partial charge in [-0.05, 0) is 18.6 Å². The lowest BCUT2D eigenvalue weighted by atomic mass is 10.2. The monoisotopic (exact) mass is 359 g/mol. The third-order valence-corrected chi connectivity index (χ3v) is 3.83. The Balaban J connectivity index is 1.72. The van der Waals surface area contributed by atoms with Crippen LogP contribution < -0.4 is 9.64 Å². The normalized spacial score (nSPS) is 18.0. The van der Waals surface area contributed by atoms with E-state index in [1.165, 1.54) is 11.2 Å². The largest absolute Gasteiger partial charge is 0.493 e. The minimum absolute atomic E-state index is 0.0659. The number of alkyl halides is 3. The van der Waals surface area contributed by atoms with Gasteiger partial charge in [0.2, 0.25) is 0 Å². The van der Waals surface area contributed by atoms with Crippen LogP contribution in [0.15, 0.2) is 28.9 Å². The van der Waals surface area contributed by atoms with Crippen LogP contribution in [0.25, 0.3) is 11.0 Å². The van der Waals surface area contributed by atoms with Crippen LogP contribution in [-0.4, -0.2) is 43.2 Å². The van der Waals surface area contributed by atoms with Crippen LogP contribution in [0.5, 0.6) is 5.75 Å². The average molecular weight is 359 g/mol. The van der Waals surface area contributed by atoms with Crippen LogP contribution >= 0.6 is 0 Å². The molecule has 1 fully saturated rings. The van der Waals surface area contributed by atoms with Gasteiger partial charge >= 0.3 is 12.3 Å². The van der Waals surface area contributed by atoms with Crippen molar-refractivity contribution < 1.29 is 37.0 Å². The molecule has 6 nitrogen and oxygen atoms in total. The molecule has 1 saturated heterocycles. The first-order valence-corrected chi connectivity index (χ1v) is 7.66. The Morgan fingerprint density at radius 2 is 2.16 bits per heavy atom. The van der Waals surface area contributed by atoms with E-state index in [1.807, 2.05) is 0 Å². The number of benzene rings is 1. The van der Waals surface area contributed by atoms with Crippen molar-refractivity contribution in [2.24, 2.45) is 0 Å². The van der Waals surface area contributed by atoms with Crippen molar-refractivity contribution in [2.75, 3.05) is 24.7 Å². The average Bonchev–Trinajstić information content (AvgIpc) is 3.13. The number of aliphatic hydroxyl groups excluding tert-OH is 1. The van der Waals surface area contributed by atoms with Crippen molar-refractivity contribution >= 4 is 22.7 Å². The molecule has 1 aromatic heterocycles. The van der Waals surface area contributed by atoms with Gasteiger partial charge in [-0.3, -0.25) is 4.90 Å². The zero-order valence-electron chi connectivity index (χ0n) is 13.1. The predicted molar refractivity (Wildman–Crippen MR) is 81.7 cm³/mol. The zero-order chi connectivity index (χ0) is 18.0. The Labute approximate surface area is 140 Å². The number of carbonyl (C=O) groups is 1. The number of aliphatic hydroxyl groups is 1. The molecule has 0 spiro atoms. The number of fused-ring (bicyclic) bond motifs is 1. The molecule has 0 saturated carbocycles. The number of hydrogen-bond donors (Lipinski definition) is 1.